The third-order valence-electron chi connectivity index (χ3n) is 3.67. The first kappa shape index (κ1) is 18.7. The Morgan fingerprint density at radius 3 is 2.28 bits per heavy atom. The maximum atomic E-state index is 12.3. The zero-order valence-electron chi connectivity index (χ0n) is 14.2. The van der Waals surface area contributed by atoms with Crippen molar-refractivity contribution < 1.29 is 13.2 Å². The van der Waals surface area contributed by atoms with Gasteiger partial charge in [-0.25, -0.2) is 8.42 Å². The van der Waals surface area contributed by atoms with E-state index in [0.29, 0.717) is 17.5 Å². The molecule has 0 radical (unpaired) electrons. The Kier molecular flexibility index (Phi) is 5.58. The second kappa shape index (κ2) is 7.48. The molecule has 0 fully saturated rings. The molecule has 0 bridgehead atoms. The van der Waals surface area contributed by atoms with E-state index in [4.69, 9.17) is 11.5 Å². The van der Waals surface area contributed by atoms with Crippen LogP contribution in [0.15, 0.2) is 52.4 Å². The molecular formula is C18H21N3O3S. The number of guanidine groups is 1. The number of aryl methyl sites for hydroxylation is 1. The Balaban J connectivity index is 2.80. The van der Waals surface area contributed by atoms with Crippen LogP contribution in [0.4, 0.5) is 0 Å². The van der Waals surface area contributed by atoms with E-state index in [1.807, 2.05) is 37.3 Å². The first-order chi connectivity index (χ1) is 11.7. The summed E-state index contributed by atoms with van der Waals surface area (Å²) in [6.45, 7) is 1.97. The number of amides is 1. The zero-order chi connectivity index (χ0) is 18.6. The molecule has 7 heteroatoms. The summed E-state index contributed by atoms with van der Waals surface area (Å²) in [7, 11) is -3.56. The minimum absolute atomic E-state index is 0.0766. The van der Waals surface area contributed by atoms with Gasteiger partial charge in [-0.3, -0.25) is 4.79 Å². The molecule has 0 aliphatic heterocycles. The van der Waals surface area contributed by atoms with Gasteiger partial charge in [-0.15, -0.1) is 0 Å². The van der Waals surface area contributed by atoms with Gasteiger partial charge < -0.3 is 11.5 Å². The van der Waals surface area contributed by atoms with Crippen LogP contribution in [-0.2, 0) is 16.3 Å². The largest absolute Gasteiger partial charge is 0.370 e. The maximum absolute atomic E-state index is 12.3. The molecule has 4 N–H and O–H groups in total. The number of benzene rings is 2. The van der Waals surface area contributed by atoms with Crippen molar-refractivity contribution in [3.05, 3.63) is 53.6 Å². The first-order valence-electron chi connectivity index (χ1n) is 7.80. The van der Waals surface area contributed by atoms with Crippen molar-refractivity contribution in [3.8, 4) is 11.1 Å². The molecule has 0 saturated carbocycles. The third-order valence-corrected chi connectivity index (χ3v) is 4.81. The van der Waals surface area contributed by atoms with Crippen LogP contribution in [0.25, 0.3) is 11.1 Å². The molecule has 0 aromatic heterocycles. The summed E-state index contributed by atoms with van der Waals surface area (Å²) >= 11 is 0. The van der Waals surface area contributed by atoms with E-state index in [-0.39, 0.29) is 16.4 Å². The summed E-state index contributed by atoms with van der Waals surface area (Å²) in [4.78, 5) is 16.0. The van der Waals surface area contributed by atoms with Gasteiger partial charge >= 0.3 is 0 Å². The highest BCUT2D eigenvalue weighted by atomic mass is 32.2. The van der Waals surface area contributed by atoms with Crippen LogP contribution in [0.3, 0.4) is 0 Å². The van der Waals surface area contributed by atoms with E-state index in [2.05, 4.69) is 4.99 Å². The van der Waals surface area contributed by atoms with Gasteiger partial charge in [0.25, 0.3) is 5.91 Å². The number of nitrogens with two attached hydrogens (primary N) is 2. The van der Waals surface area contributed by atoms with Crippen molar-refractivity contribution in [1.82, 2.24) is 0 Å². The Labute approximate surface area is 147 Å². The van der Waals surface area contributed by atoms with Crippen molar-refractivity contribution >= 4 is 21.7 Å². The lowest BCUT2D eigenvalue weighted by Gasteiger charge is -2.14. The molecular weight excluding hydrogens is 338 g/mol. The topological polar surface area (TPSA) is 116 Å². The van der Waals surface area contributed by atoms with E-state index in [1.54, 1.807) is 6.07 Å². The molecule has 0 aliphatic carbocycles. The van der Waals surface area contributed by atoms with E-state index in [9.17, 15) is 13.2 Å². The van der Waals surface area contributed by atoms with Gasteiger partial charge in [0, 0.05) is 17.4 Å². The number of sulfone groups is 1. The molecule has 0 aliphatic rings. The van der Waals surface area contributed by atoms with Gasteiger partial charge in [-0.1, -0.05) is 43.7 Å². The summed E-state index contributed by atoms with van der Waals surface area (Å²) < 4.78 is 24.6. The van der Waals surface area contributed by atoms with Gasteiger partial charge in [0.05, 0.1) is 4.90 Å². The molecule has 0 atom stereocenters. The number of carbonyl (C=O) groups is 1. The molecule has 0 unspecified atom stereocenters. The highest BCUT2D eigenvalue weighted by molar-refractivity contribution is 7.90. The fraction of sp³-hybridized carbons (Fsp3) is 0.222. The van der Waals surface area contributed by atoms with Crippen molar-refractivity contribution in [1.29, 1.82) is 0 Å². The Morgan fingerprint density at radius 2 is 1.76 bits per heavy atom. The van der Waals surface area contributed by atoms with E-state index >= 15 is 0 Å². The fourth-order valence-corrected chi connectivity index (χ4v) is 3.54. The molecule has 0 saturated heterocycles. The molecule has 0 heterocycles. The number of rotatable bonds is 5. The smallest absolute Gasteiger partial charge is 0.280 e. The molecule has 25 heavy (non-hydrogen) atoms. The van der Waals surface area contributed by atoms with E-state index in [1.165, 1.54) is 6.07 Å². The van der Waals surface area contributed by atoms with Crippen molar-refractivity contribution in [2.75, 3.05) is 6.26 Å². The van der Waals surface area contributed by atoms with Crippen LogP contribution >= 0.6 is 0 Å². The van der Waals surface area contributed by atoms with Gasteiger partial charge in [-0.2, -0.15) is 4.99 Å². The monoisotopic (exact) mass is 359 g/mol. The summed E-state index contributed by atoms with van der Waals surface area (Å²) in [5, 5.41) is 0. The molecule has 0 spiro atoms. The second-order valence-electron chi connectivity index (χ2n) is 5.74. The van der Waals surface area contributed by atoms with Gasteiger partial charge in [0.1, 0.15) is 0 Å². The quantitative estimate of drug-likeness (QED) is 0.627. The highest BCUT2D eigenvalue weighted by Crippen LogP contribution is 2.31. The predicted molar refractivity (Wildman–Crippen MR) is 99.1 cm³/mol. The number of hydrogen-bond donors (Lipinski definition) is 2. The highest BCUT2D eigenvalue weighted by Gasteiger charge is 2.21. The number of hydrogen-bond acceptors (Lipinski definition) is 3. The van der Waals surface area contributed by atoms with Crippen molar-refractivity contribution in [2.45, 2.75) is 24.7 Å². The second-order valence-corrected chi connectivity index (χ2v) is 7.72. The normalized spacial score (nSPS) is 11.1. The van der Waals surface area contributed by atoms with Crippen LogP contribution < -0.4 is 11.5 Å². The van der Waals surface area contributed by atoms with Crippen molar-refractivity contribution in [2.24, 2.45) is 16.5 Å². The average molecular weight is 359 g/mol. The van der Waals surface area contributed by atoms with Crippen LogP contribution in [0, 0.1) is 0 Å². The van der Waals surface area contributed by atoms with Crippen LogP contribution in [0.5, 0.6) is 0 Å². The summed E-state index contributed by atoms with van der Waals surface area (Å²) in [5.41, 5.74) is 12.8. The lowest BCUT2D eigenvalue weighted by atomic mass is 9.96. The summed E-state index contributed by atoms with van der Waals surface area (Å²) in [5.74, 6) is -1.01. The SMILES string of the molecule is CCCc1cc(-c2ccccc2)c(S(C)(=O)=O)cc1C(=O)N=C(N)N. The Hall–Kier alpha value is -2.67. The molecule has 2 rings (SSSR count). The molecule has 6 nitrogen and oxygen atoms in total. The zero-order valence-corrected chi connectivity index (χ0v) is 15.0. The Morgan fingerprint density at radius 1 is 1.12 bits per heavy atom. The minimum Gasteiger partial charge on any atom is -0.370 e. The van der Waals surface area contributed by atoms with Crippen LogP contribution in [-0.4, -0.2) is 26.5 Å². The minimum atomic E-state index is -3.56. The van der Waals surface area contributed by atoms with E-state index in [0.717, 1.165) is 18.2 Å². The Bertz CT molecular complexity index is 916. The van der Waals surface area contributed by atoms with Crippen LogP contribution in [0.1, 0.15) is 29.3 Å². The molecule has 2 aromatic rings. The first-order valence-corrected chi connectivity index (χ1v) is 9.69. The van der Waals surface area contributed by atoms with E-state index < -0.39 is 15.7 Å². The fourth-order valence-electron chi connectivity index (χ4n) is 2.63. The number of aliphatic imine (C=N–C) groups is 1. The molecule has 2 aromatic carbocycles. The molecule has 132 valence electrons. The van der Waals surface area contributed by atoms with Crippen molar-refractivity contribution in [3.63, 3.8) is 0 Å². The lowest BCUT2D eigenvalue weighted by Crippen LogP contribution is -2.24. The predicted octanol–water partition coefficient (Wildman–Crippen LogP) is 2.12. The van der Waals surface area contributed by atoms with Crippen LogP contribution in [0.2, 0.25) is 0 Å². The summed E-state index contributed by atoms with van der Waals surface area (Å²) in [6, 6.07) is 12.3. The van der Waals surface area contributed by atoms with Gasteiger partial charge in [0.15, 0.2) is 15.8 Å². The average Bonchev–Trinajstić information content (AvgIpc) is 2.54. The molecule has 1 amide bonds. The van der Waals surface area contributed by atoms with Gasteiger partial charge in [0.2, 0.25) is 0 Å². The standard InChI is InChI=1S/C18H21N3O3S/c1-3-7-13-10-14(12-8-5-4-6-9-12)16(25(2,23)24)11-15(13)17(22)21-18(19)20/h4-6,8-11H,3,7H2,1-2H3,(H4,19,20,21,22). The van der Waals surface area contributed by atoms with Gasteiger partial charge in [-0.05, 0) is 29.7 Å². The third kappa shape index (κ3) is 4.45. The number of carbonyl (C=O) groups excluding carboxylic acids is 1. The maximum Gasteiger partial charge on any atom is 0.280 e. The number of nitrogens with zero attached hydrogens (tertiary/aromatic N) is 1. The lowest BCUT2D eigenvalue weighted by molar-refractivity contribution is 0.100. The summed E-state index contributed by atoms with van der Waals surface area (Å²) in [6.07, 6.45) is 2.50.